The summed E-state index contributed by atoms with van der Waals surface area (Å²) in [5.41, 5.74) is -0.0240. The molecule has 0 N–H and O–H groups in total. The second-order valence-electron chi connectivity index (χ2n) is 4.73. The molecule has 0 spiro atoms. The topological polar surface area (TPSA) is 38.1 Å². The standard InChI is InChI=1S/C13H20ClN3O/c1-3-16(4-2)7-8-17-12(18)9-11(14)15-13(17)10-5-6-10/h9-10H,3-8H2,1-2H3. The second kappa shape index (κ2) is 5.85. The van der Waals surface area contributed by atoms with Gasteiger partial charge in [-0.05, 0) is 25.9 Å². The molecule has 0 amide bonds. The highest BCUT2D eigenvalue weighted by Gasteiger charge is 2.28. The molecule has 0 aromatic carbocycles. The molecular formula is C13H20ClN3O. The summed E-state index contributed by atoms with van der Waals surface area (Å²) in [4.78, 5) is 18.6. The summed E-state index contributed by atoms with van der Waals surface area (Å²) in [7, 11) is 0. The number of aromatic nitrogens is 2. The maximum absolute atomic E-state index is 12.0. The summed E-state index contributed by atoms with van der Waals surface area (Å²) in [5, 5.41) is 0.320. The quantitative estimate of drug-likeness (QED) is 0.743. The van der Waals surface area contributed by atoms with E-state index in [-0.39, 0.29) is 5.56 Å². The van der Waals surface area contributed by atoms with Crippen molar-refractivity contribution in [3.05, 3.63) is 27.4 Å². The van der Waals surface area contributed by atoms with Gasteiger partial charge in [0.1, 0.15) is 11.0 Å². The minimum absolute atomic E-state index is 0.0240. The Hall–Kier alpha value is -0.870. The van der Waals surface area contributed by atoms with Crippen LogP contribution in [0.3, 0.4) is 0 Å². The molecule has 1 fully saturated rings. The maximum Gasteiger partial charge on any atom is 0.255 e. The third-order valence-corrected chi connectivity index (χ3v) is 3.68. The highest BCUT2D eigenvalue weighted by molar-refractivity contribution is 6.29. The van der Waals surface area contributed by atoms with Crippen LogP contribution in [0.15, 0.2) is 10.9 Å². The molecule has 0 aliphatic heterocycles. The van der Waals surface area contributed by atoms with Crippen LogP contribution in [0.2, 0.25) is 5.15 Å². The molecule has 4 nitrogen and oxygen atoms in total. The van der Waals surface area contributed by atoms with Gasteiger partial charge in [-0.25, -0.2) is 4.98 Å². The lowest BCUT2D eigenvalue weighted by molar-refractivity contribution is 0.286. The summed E-state index contributed by atoms with van der Waals surface area (Å²) in [5.74, 6) is 1.31. The summed E-state index contributed by atoms with van der Waals surface area (Å²) >= 11 is 5.88. The van der Waals surface area contributed by atoms with Crippen molar-refractivity contribution >= 4 is 11.6 Å². The van der Waals surface area contributed by atoms with Gasteiger partial charge in [0, 0.05) is 25.1 Å². The van der Waals surface area contributed by atoms with Crippen molar-refractivity contribution in [1.82, 2.24) is 14.5 Å². The highest BCUT2D eigenvalue weighted by Crippen LogP contribution is 2.38. The third kappa shape index (κ3) is 3.12. The Morgan fingerprint density at radius 2 is 2.11 bits per heavy atom. The first-order valence-electron chi connectivity index (χ1n) is 6.65. The van der Waals surface area contributed by atoms with Crippen LogP contribution >= 0.6 is 11.6 Å². The zero-order chi connectivity index (χ0) is 13.1. The highest BCUT2D eigenvalue weighted by atomic mass is 35.5. The molecule has 5 heteroatoms. The molecule has 1 heterocycles. The Balaban J connectivity index is 2.18. The lowest BCUT2D eigenvalue weighted by Crippen LogP contribution is -2.32. The van der Waals surface area contributed by atoms with E-state index in [4.69, 9.17) is 11.6 Å². The van der Waals surface area contributed by atoms with Crippen LogP contribution in [0.25, 0.3) is 0 Å². The third-order valence-electron chi connectivity index (χ3n) is 3.48. The molecule has 1 aromatic heterocycles. The molecule has 1 aliphatic carbocycles. The van der Waals surface area contributed by atoms with Crippen molar-refractivity contribution in [2.45, 2.75) is 39.2 Å². The van der Waals surface area contributed by atoms with Gasteiger partial charge in [-0.3, -0.25) is 9.36 Å². The van der Waals surface area contributed by atoms with Crippen LogP contribution in [-0.2, 0) is 6.54 Å². The monoisotopic (exact) mass is 269 g/mol. The van der Waals surface area contributed by atoms with E-state index in [9.17, 15) is 4.79 Å². The van der Waals surface area contributed by atoms with Crippen molar-refractivity contribution in [3.63, 3.8) is 0 Å². The fourth-order valence-electron chi connectivity index (χ4n) is 2.15. The lowest BCUT2D eigenvalue weighted by Gasteiger charge is -2.19. The van der Waals surface area contributed by atoms with E-state index in [1.54, 1.807) is 4.57 Å². The minimum Gasteiger partial charge on any atom is -0.302 e. The predicted octanol–water partition coefficient (Wildman–Crippen LogP) is 2.12. The van der Waals surface area contributed by atoms with Crippen molar-refractivity contribution in [2.75, 3.05) is 19.6 Å². The Kier molecular flexibility index (Phi) is 4.40. The van der Waals surface area contributed by atoms with Crippen LogP contribution in [0.1, 0.15) is 38.4 Å². The molecule has 0 unspecified atom stereocenters. The molecule has 0 atom stereocenters. The first kappa shape index (κ1) is 13.6. The summed E-state index contributed by atoms with van der Waals surface area (Å²) in [6.07, 6.45) is 2.25. The number of likely N-dealkylation sites (N-methyl/N-ethyl adjacent to an activating group) is 1. The maximum atomic E-state index is 12.0. The number of nitrogens with zero attached hydrogens (tertiary/aromatic N) is 3. The molecule has 0 saturated heterocycles. The van der Waals surface area contributed by atoms with Gasteiger partial charge >= 0.3 is 0 Å². The van der Waals surface area contributed by atoms with Crippen LogP contribution in [0, 0.1) is 0 Å². The fraction of sp³-hybridized carbons (Fsp3) is 0.692. The van der Waals surface area contributed by atoms with E-state index < -0.39 is 0 Å². The summed E-state index contributed by atoms with van der Waals surface area (Å²) in [6, 6.07) is 1.41. The largest absolute Gasteiger partial charge is 0.302 e. The number of rotatable bonds is 6. The van der Waals surface area contributed by atoms with Gasteiger partial charge in [0.05, 0.1) is 0 Å². The van der Waals surface area contributed by atoms with Crippen LogP contribution in [-0.4, -0.2) is 34.1 Å². The smallest absolute Gasteiger partial charge is 0.255 e. The van der Waals surface area contributed by atoms with Gasteiger partial charge in [0.2, 0.25) is 0 Å². The fourth-order valence-corrected chi connectivity index (χ4v) is 2.33. The first-order valence-corrected chi connectivity index (χ1v) is 7.03. The second-order valence-corrected chi connectivity index (χ2v) is 5.12. The first-order chi connectivity index (χ1) is 8.65. The zero-order valence-electron chi connectivity index (χ0n) is 11.0. The van der Waals surface area contributed by atoms with E-state index >= 15 is 0 Å². The van der Waals surface area contributed by atoms with E-state index in [0.717, 1.165) is 38.3 Å². The van der Waals surface area contributed by atoms with Gasteiger partial charge in [0.15, 0.2) is 0 Å². The van der Waals surface area contributed by atoms with E-state index in [2.05, 4.69) is 23.7 Å². The average Bonchev–Trinajstić information content (AvgIpc) is 3.16. The van der Waals surface area contributed by atoms with Crippen LogP contribution in [0.4, 0.5) is 0 Å². The van der Waals surface area contributed by atoms with Gasteiger partial charge in [0.25, 0.3) is 5.56 Å². The van der Waals surface area contributed by atoms with E-state index in [0.29, 0.717) is 17.6 Å². The van der Waals surface area contributed by atoms with Crippen LogP contribution < -0.4 is 5.56 Å². The molecular weight excluding hydrogens is 250 g/mol. The van der Waals surface area contributed by atoms with Gasteiger partial charge < -0.3 is 4.90 Å². The molecule has 100 valence electrons. The average molecular weight is 270 g/mol. The molecule has 0 bridgehead atoms. The van der Waals surface area contributed by atoms with Crippen LogP contribution in [0.5, 0.6) is 0 Å². The molecule has 2 rings (SSSR count). The SMILES string of the molecule is CCN(CC)CCn1c(C2CC2)nc(Cl)cc1=O. The Morgan fingerprint density at radius 3 is 2.67 bits per heavy atom. The molecule has 0 radical (unpaired) electrons. The summed E-state index contributed by atoms with van der Waals surface area (Å²) < 4.78 is 1.79. The van der Waals surface area contributed by atoms with Crippen molar-refractivity contribution in [2.24, 2.45) is 0 Å². The minimum atomic E-state index is -0.0240. The lowest BCUT2D eigenvalue weighted by atomic mass is 10.3. The zero-order valence-corrected chi connectivity index (χ0v) is 11.8. The van der Waals surface area contributed by atoms with Crippen molar-refractivity contribution < 1.29 is 0 Å². The van der Waals surface area contributed by atoms with Gasteiger partial charge in [-0.2, -0.15) is 0 Å². The molecule has 18 heavy (non-hydrogen) atoms. The van der Waals surface area contributed by atoms with Crippen molar-refractivity contribution in [3.8, 4) is 0 Å². The number of hydrogen-bond donors (Lipinski definition) is 0. The van der Waals surface area contributed by atoms with Gasteiger partial charge in [-0.15, -0.1) is 0 Å². The molecule has 1 aliphatic rings. The molecule has 1 saturated carbocycles. The number of hydrogen-bond acceptors (Lipinski definition) is 3. The van der Waals surface area contributed by atoms with E-state index in [1.165, 1.54) is 6.07 Å². The summed E-state index contributed by atoms with van der Waals surface area (Å²) in [6.45, 7) is 7.87. The Labute approximate surface area is 113 Å². The Bertz CT molecular complexity index is 464. The Morgan fingerprint density at radius 1 is 1.44 bits per heavy atom. The van der Waals surface area contributed by atoms with Crippen molar-refractivity contribution in [1.29, 1.82) is 0 Å². The molecule has 1 aromatic rings. The number of halogens is 1. The van der Waals surface area contributed by atoms with E-state index in [1.807, 2.05) is 0 Å². The predicted molar refractivity (Wildman–Crippen MR) is 73.3 cm³/mol. The van der Waals surface area contributed by atoms with Gasteiger partial charge in [-0.1, -0.05) is 25.4 Å². The normalized spacial score (nSPS) is 15.3.